The summed E-state index contributed by atoms with van der Waals surface area (Å²) in [6, 6.07) is 4.20. The Kier molecular flexibility index (Phi) is 5.05. The molecule has 0 heterocycles. The lowest BCUT2D eigenvalue weighted by molar-refractivity contribution is 0.0698. The topological polar surface area (TPSA) is 83.5 Å². The van der Waals surface area contributed by atoms with Gasteiger partial charge in [0, 0.05) is 0 Å². The number of benzene rings is 1. The average Bonchev–Trinajstić information content (AvgIpc) is 2.28. The van der Waals surface area contributed by atoms with Gasteiger partial charge in [0.05, 0.1) is 22.0 Å². The summed E-state index contributed by atoms with van der Waals surface area (Å²) in [6.07, 6.45) is 0.454. The smallest absolute Gasteiger partial charge is 0.337 e. The van der Waals surface area contributed by atoms with Crippen molar-refractivity contribution in [2.24, 2.45) is 5.41 Å². The van der Waals surface area contributed by atoms with Crippen molar-refractivity contribution in [1.29, 1.82) is 0 Å². The molecule has 0 fully saturated rings. The Hall–Kier alpha value is -1.27. The molecule has 0 radical (unpaired) electrons. The quantitative estimate of drug-likeness (QED) is 0.872. The van der Waals surface area contributed by atoms with Crippen LogP contribution in [-0.4, -0.2) is 25.2 Å². The SMILES string of the molecule is CC(C)(C)CCS(=O)(=O)Nc1c(Cl)cccc1C(=O)O. The summed E-state index contributed by atoms with van der Waals surface area (Å²) in [5.41, 5.74) is -0.391. The predicted molar refractivity (Wildman–Crippen MR) is 79.9 cm³/mol. The molecule has 0 saturated heterocycles. The number of rotatable bonds is 5. The Morgan fingerprint density at radius 1 is 1.35 bits per heavy atom. The summed E-state index contributed by atoms with van der Waals surface area (Å²) in [4.78, 5) is 11.1. The third kappa shape index (κ3) is 5.02. The van der Waals surface area contributed by atoms with Crippen LogP contribution in [-0.2, 0) is 10.0 Å². The molecule has 0 aliphatic carbocycles. The number of nitrogens with one attached hydrogen (secondary N) is 1. The second-order valence-corrected chi connectivity index (χ2v) is 7.95. The fourth-order valence-electron chi connectivity index (χ4n) is 1.45. The first kappa shape index (κ1) is 16.8. The summed E-state index contributed by atoms with van der Waals surface area (Å²) in [5.74, 6) is -1.33. The van der Waals surface area contributed by atoms with Crippen molar-refractivity contribution in [3.8, 4) is 0 Å². The molecule has 0 aliphatic rings. The van der Waals surface area contributed by atoms with Gasteiger partial charge in [0.2, 0.25) is 10.0 Å². The van der Waals surface area contributed by atoms with Gasteiger partial charge in [0.1, 0.15) is 0 Å². The van der Waals surface area contributed by atoms with Crippen LogP contribution in [0.15, 0.2) is 18.2 Å². The number of halogens is 1. The number of sulfonamides is 1. The Bertz CT molecular complexity index is 605. The van der Waals surface area contributed by atoms with Crippen LogP contribution >= 0.6 is 11.6 Å². The molecule has 1 aromatic rings. The van der Waals surface area contributed by atoms with E-state index in [0.717, 1.165) is 0 Å². The second kappa shape index (κ2) is 6.01. The van der Waals surface area contributed by atoms with Crippen molar-refractivity contribution < 1.29 is 18.3 Å². The molecular weight excluding hydrogens is 302 g/mol. The molecule has 1 rings (SSSR count). The van der Waals surface area contributed by atoms with Crippen LogP contribution < -0.4 is 4.72 Å². The number of hydrogen-bond donors (Lipinski definition) is 2. The van der Waals surface area contributed by atoms with Gasteiger partial charge in [-0.15, -0.1) is 0 Å². The lowest BCUT2D eigenvalue weighted by Gasteiger charge is -2.18. The van der Waals surface area contributed by atoms with E-state index in [0.29, 0.717) is 6.42 Å². The minimum Gasteiger partial charge on any atom is -0.478 e. The Morgan fingerprint density at radius 2 is 1.95 bits per heavy atom. The van der Waals surface area contributed by atoms with Crippen LogP contribution in [0.5, 0.6) is 0 Å². The number of carboxylic acids is 1. The van der Waals surface area contributed by atoms with Crippen molar-refractivity contribution in [3.05, 3.63) is 28.8 Å². The molecule has 0 bridgehead atoms. The average molecular weight is 320 g/mol. The monoisotopic (exact) mass is 319 g/mol. The molecule has 7 heteroatoms. The highest BCUT2D eigenvalue weighted by Crippen LogP contribution is 2.28. The molecule has 0 atom stereocenters. The van der Waals surface area contributed by atoms with Crippen LogP contribution in [0.4, 0.5) is 5.69 Å². The van der Waals surface area contributed by atoms with Gasteiger partial charge in [-0.3, -0.25) is 4.72 Å². The van der Waals surface area contributed by atoms with Crippen molar-refractivity contribution >= 4 is 33.3 Å². The van der Waals surface area contributed by atoms with E-state index in [9.17, 15) is 13.2 Å². The van der Waals surface area contributed by atoms with E-state index < -0.39 is 16.0 Å². The normalized spacial score (nSPS) is 12.2. The molecule has 0 spiro atoms. The van der Waals surface area contributed by atoms with Crippen LogP contribution in [0.25, 0.3) is 0 Å². The predicted octanol–water partition coefficient (Wildman–Crippen LogP) is 3.22. The molecule has 5 nitrogen and oxygen atoms in total. The van der Waals surface area contributed by atoms with E-state index in [1.807, 2.05) is 20.8 Å². The maximum Gasteiger partial charge on any atom is 0.337 e. The Balaban J connectivity index is 3.01. The number of para-hydroxylation sites is 1. The van der Waals surface area contributed by atoms with Gasteiger partial charge in [0.15, 0.2) is 0 Å². The van der Waals surface area contributed by atoms with E-state index >= 15 is 0 Å². The molecule has 0 aromatic heterocycles. The molecule has 0 aliphatic heterocycles. The summed E-state index contributed by atoms with van der Waals surface area (Å²) in [5, 5.41) is 9.11. The minimum atomic E-state index is -3.64. The van der Waals surface area contributed by atoms with E-state index in [4.69, 9.17) is 16.7 Å². The van der Waals surface area contributed by atoms with Gasteiger partial charge >= 0.3 is 5.97 Å². The van der Waals surface area contributed by atoms with Crippen molar-refractivity contribution in [1.82, 2.24) is 0 Å². The van der Waals surface area contributed by atoms with Gasteiger partial charge in [0.25, 0.3) is 0 Å². The van der Waals surface area contributed by atoms with E-state index in [-0.39, 0.29) is 27.4 Å². The highest BCUT2D eigenvalue weighted by Gasteiger charge is 2.21. The summed E-state index contributed by atoms with van der Waals surface area (Å²) >= 11 is 5.88. The molecular formula is C13H18ClNO4S. The molecule has 0 amide bonds. The first-order chi connectivity index (χ1) is 9.02. The largest absolute Gasteiger partial charge is 0.478 e. The lowest BCUT2D eigenvalue weighted by Crippen LogP contribution is -2.22. The lowest BCUT2D eigenvalue weighted by atomic mass is 9.94. The summed E-state index contributed by atoms with van der Waals surface area (Å²) in [7, 11) is -3.64. The van der Waals surface area contributed by atoms with E-state index in [1.165, 1.54) is 18.2 Å². The third-order valence-electron chi connectivity index (χ3n) is 2.62. The Morgan fingerprint density at radius 3 is 2.45 bits per heavy atom. The maximum absolute atomic E-state index is 12.0. The third-order valence-corrected chi connectivity index (χ3v) is 4.19. The molecule has 20 heavy (non-hydrogen) atoms. The summed E-state index contributed by atoms with van der Waals surface area (Å²) in [6.45, 7) is 5.79. The van der Waals surface area contributed by atoms with E-state index in [2.05, 4.69) is 4.72 Å². The van der Waals surface area contributed by atoms with Crippen LogP contribution in [0, 0.1) is 5.41 Å². The first-order valence-corrected chi connectivity index (χ1v) is 8.07. The fourth-order valence-corrected chi connectivity index (χ4v) is 3.25. The van der Waals surface area contributed by atoms with Crippen LogP contribution in [0.3, 0.4) is 0 Å². The minimum absolute atomic E-state index is 0.0595. The van der Waals surface area contributed by atoms with Gasteiger partial charge in [-0.1, -0.05) is 38.4 Å². The Labute approximate surface area is 124 Å². The highest BCUT2D eigenvalue weighted by molar-refractivity contribution is 7.92. The highest BCUT2D eigenvalue weighted by atomic mass is 35.5. The molecule has 0 unspecified atom stereocenters. The van der Waals surface area contributed by atoms with Gasteiger partial charge < -0.3 is 5.11 Å². The van der Waals surface area contributed by atoms with Crippen molar-refractivity contribution in [2.45, 2.75) is 27.2 Å². The van der Waals surface area contributed by atoms with Crippen molar-refractivity contribution in [2.75, 3.05) is 10.5 Å². The first-order valence-electron chi connectivity index (χ1n) is 6.04. The number of carbonyl (C=O) groups is 1. The van der Waals surface area contributed by atoms with Crippen LogP contribution in [0.1, 0.15) is 37.6 Å². The number of hydrogen-bond acceptors (Lipinski definition) is 3. The van der Waals surface area contributed by atoms with Gasteiger partial charge in [-0.2, -0.15) is 0 Å². The standard InChI is InChI=1S/C13H18ClNO4S/c1-13(2,3)7-8-20(18,19)15-11-9(12(16)17)5-4-6-10(11)14/h4-6,15H,7-8H2,1-3H3,(H,16,17). The van der Waals surface area contributed by atoms with Crippen LogP contribution in [0.2, 0.25) is 5.02 Å². The fraction of sp³-hybridized carbons (Fsp3) is 0.462. The molecule has 1 aromatic carbocycles. The van der Waals surface area contributed by atoms with E-state index in [1.54, 1.807) is 0 Å². The molecule has 112 valence electrons. The maximum atomic E-state index is 12.0. The molecule has 2 N–H and O–H groups in total. The number of anilines is 1. The zero-order chi connectivity index (χ0) is 15.6. The van der Waals surface area contributed by atoms with Gasteiger partial charge in [-0.05, 0) is 24.0 Å². The second-order valence-electron chi connectivity index (χ2n) is 5.70. The number of aromatic carboxylic acids is 1. The zero-order valence-corrected chi connectivity index (χ0v) is 13.2. The number of carboxylic acid groups (broad SMARTS) is 1. The summed E-state index contributed by atoms with van der Waals surface area (Å²) < 4.78 is 26.3. The van der Waals surface area contributed by atoms with Crippen molar-refractivity contribution in [3.63, 3.8) is 0 Å². The van der Waals surface area contributed by atoms with Gasteiger partial charge in [-0.25, -0.2) is 13.2 Å². The molecule has 0 saturated carbocycles. The zero-order valence-electron chi connectivity index (χ0n) is 11.6.